The Kier molecular flexibility index (Phi) is 7.37. The van der Waals surface area contributed by atoms with Crippen LogP contribution in [0.15, 0.2) is 24.3 Å². The number of hydrogen-bond donors (Lipinski definition) is 2. The number of alkyl carbamates (subject to hydrolysis) is 1. The quantitative estimate of drug-likeness (QED) is 0.751. The molecule has 0 aromatic heterocycles. The summed E-state index contributed by atoms with van der Waals surface area (Å²) in [6.07, 6.45) is 3.74. The molecule has 134 valence electrons. The average Bonchev–Trinajstić information content (AvgIpc) is 2.57. The van der Waals surface area contributed by atoms with E-state index in [1.807, 2.05) is 12.1 Å². The summed E-state index contributed by atoms with van der Waals surface area (Å²) in [6, 6.07) is 8.00. The monoisotopic (exact) mass is 335 g/mol. The molecule has 1 aliphatic rings. The number of aliphatic hydroxyl groups excluding tert-OH is 1. The van der Waals surface area contributed by atoms with E-state index in [2.05, 4.69) is 24.4 Å². The van der Waals surface area contributed by atoms with E-state index in [0.29, 0.717) is 31.6 Å². The average molecular weight is 335 g/mol. The maximum absolute atomic E-state index is 11.1. The third-order valence-corrected chi connectivity index (χ3v) is 4.64. The Morgan fingerprint density at radius 1 is 1.29 bits per heavy atom. The van der Waals surface area contributed by atoms with Gasteiger partial charge in [-0.25, -0.2) is 4.79 Å². The summed E-state index contributed by atoms with van der Waals surface area (Å²) >= 11 is 0. The van der Waals surface area contributed by atoms with Gasteiger partial charge >= 0.3 is 6.09 Å². The van der Waals surface area contributed by atoms with Crippen molar-refractivity contribution >= 4 is 6.09 Å². The van der Waals surface area contributed by atoms with E-state index < -0.39 is 6.09 Å². The molecule has 1 aromatic carbocycles. The molecule has 0 aliphatic heterocycles. The minimum Gasteiger partial charge on any atom is -0.492 e. The Morgan fingerprint density at radius 3 is 2.75 bits per heavy atom. The highest BCUT2D eigenvalue weighted by atomic mass is 16.5. The molecule has 0 heterocycles. The van der Waals surface area contributed by atoms with E-state index in [4.69, 9.17) is 9.47 Å². The van der Waals surface area contributed by atoms with Crippen LogP contribution in [0.2, 0.25) is 0 Å². The largest absolute Gasteiger partial charge is 0.492 e. The Balaban J connectivity index is 1.73. The Bertz CT molecular complexity index is 503. The Hall–Kier alpha value is -1.75. The first-order valence-corrected chi connectivity index (χ1v) is 8.90. The van der Waals surface area contributed by atoms with Crippen LogP contribution in [0.5, 0.6) is 5.75 Å². The van der Waals surface area contributed by atoms with Gasteiger partial charge in [0.25, 0.3) is 0 Å². The first-order chi connectivity index (χ1) is 11.6. The van der Waals surface area contributed by atoms with Crippen molar-refractivity contribution in [2.45, 2.75) is 45.6 Å². The number of carbonyl (C=O) groups is 1. The normalized spacial score (nSPS) is 23.5. The van der Waals surface area contributed by atoms with Crippen molar-refractivity contribution < 1.29 is 19.4 Å². The number of nitrogens with one attached hydrogen (secondary N) is 1. The van der Waals surface area contributed by atoms with Gasteiger partial charge in [-0.1, -0.05) is 25.5 Å². The van der Waals surface area contributed by atoms with Crippen LogP contribution in [0.4, 0.5) is 4.79 Å². The smallest absolute Gasteiger partial charge is 0.407 e. The van der Waals surface area contributed by atoms with Gasteiger partial charge in [0.2, 0.25) is 0 Å². The lowest BCUT2D eigenvalue weighted by atomic mass is 9.77. The van der Waals surface area contributed by atoms with Crippen LogP contribution in [0.1, 0.15) is 38.7 Å². The molecule has 1 fully saturated rings. The second-order valence-corrected chi connectivity index (χ2v) is 6.50. The van der Waals surface area contributed by atoms with Crippen LogP contribution in [-0.2, 0) is 11.2 Å². The lowest BCUT2D eigenvalue weighted by Crippen LogP contribution is -2.32. The molecule has 1 aromatic rings. The lowest BCUT2D eigenvalue weighted by molar-refractivity contribution is 0.0254. The Morgan fingerprint density at radius 2 is 2.04 bits per heavy atom. The van der Waals surface area contributed by atoms with Gasteiger partial charge in [-0.3, -0.25) is 0 Å². The van der Waals surface area contributed by atoms with Gasteiger partial charge < -0.3 is 19.9 Å². The van der Waals surface area contributed by atoms with E-state index >= 15 is 0 Å². The summed E-state index contributed by atoms with van der Waals surface area (Å²) in [6.45, 7) is 5.08. The third-order valence-electron chi connectivity index (χ3n) is 4.64. The third kappa shape index (κ3) is 5.71. The number of ether oxygens (including phenoxy) is 2. The van der Waals surface area contributed by atoms with Gasteiger partial charge in [0.05, 0.1) is 19.3 Å². The van der Waals surface area contributed by atoms with Crippen molar-refractivity contribution in [1.29, 1.82) is 0 Å². The van der Waals surface area contributed by atoms with Crippen molar-refractivity contribution in [3.8, 4) is 5.75 Å². The predicted molar refractivity (Wildman–Crippen MR) is 93.2 cm³/mol. The zero-order chi connectivity index (χ0) is 17.4. The number of hydrogen-bond acceptors (Lipinski definition) is 4. The van der Waals surface area contributed by atoms with E-state index in [0.717, 1.165) is 25.0 Å². The van der Waals surface area contributed by atoms with Gasteiger partial charge in [-0.15, -0.1) is 0 Å². The number of carbonyl (C=O) groups excluding carboxylic acids is 1. The second kappa shape index (κ2) is 9.52. The molecule has 0 spiro atoms. The topological polar surface area (TPSA) is 67.8 Å². The van der Waals surface area contributed by atoms with Gasteiger partial charge in [-0.2, -0.15) is 0 Å². The van der Waals surface area contributed by atoms with Crippen molar-refractivity contribution in [2.75, 3.05) is 19.8 Å². The fourth-order valence-corrected chi connectivity index (χ4v) is 3.26. The number of rotatable bonds is 7. The van der Waals surface area contributed by atoms with Crippen molar-refractivity contribution in [2.24, 2.45) is 11.8 Å². The fourth-order valence-electron chi connectivity index (χ4n) is 3.26. The molecule has 0 bridgehead atoms. The van der Waals surface area contributed by atoms with Gasteiger partial charge in [0.15, 0.2) is 0 Å². The molecule has 2 N–H and O–H groups in total. The highest BCUT2D eigenvalue weighted by Crippen LogP contribution is 2.31. The maximum atomic E-state index is 11.1. The van der Waals surface area contributed by atoms with Crippen LogP contribution in [-0.4, -0.2) is 37.1 Å². The van der Waals surface area contributed by atoms with Crippen molar-refractivity contribution in [1.82, 2.24) is 5.32 Å². The molecule has 5 nitrogen and oxygen atoms in total. The molecule has 1 amide bonds. The van der Waals surface area contributed by atoms with Gasteiger partial charge in [0, 0.05) is 0 Å². The molecule has 1 aliphatic carbocycles. The van der Waals surface area contributed by atoms with Crippen molar-refractivity contribution in [3.63, 3.8) is 0 Å². The summed E-state index contributed by atoms with van der Waals surface area (Å²) in [7, 11) is 0. The zero-order valence-electron chi connectivity index (χ0n) is 14.7. The van der Waals surface area contributed by atoms with Crippen LogP contribution in [0.3, 0.4) is 0 Å². The molecule has 2 rings (SSSR count). The standard InChI is InChI=1S/C19H29NO4/c1-3-23-19(22)20-11-12-24-17-9-7-15(8-10-17)13-16-6-4-5-14(2)18(16)21/h7-10,14,16,18,21H,3-6,11-13H2,1-2H3,(H,20,22)/t14?,16-,18+/m0/s1. The zero-order valence-corrected chi connectivity index (χ0v) is 14.7. The molecule has 3 atom stereocenters. The van der Waals surface area contributed by atoms with Crippen LogP contribution in [0, 0.1) is 11.8 Å². The summed E-state index contributed by atoms with van der Waals surface area (Å²) < 4.78 is 10.4. The predicted octanol–water partition coefficient (Wildman–Crippen LogP) is 3.15. The molecular weight excluding hydrogens is 306 g/mol. The number of benzene rings is 1. The van der Waals surface area contributed by atoms with Gasteiger partial charge in [-0.05, 0) is 55.7 Å². The minimum absolute atomic E-state index is 0.191. The van der Waals surface area contributed by atoms with E-state index in [-0.39, 0.29) is 6.10 Å². The van der Waals surface area contributed by atoms with Crippen molar-refractivity contribution in [3.05, 3.63) is 29.8 Å². The fraction of sp³-hybridized carbons (Fsp3) is 0.632. The molecule has 1 saturated carbocycles. The van der Waals surface area contributed by atoms with E-state index in [1.54, 1.807) is 6.92 Å². The first-order valence-electron chi connectivity index (χ1n) is 8.90. The highest BCUT2D eigenvalue weighted by molar-refractivity contribution is 5.66. The highest BCUT2D eigenvalue weighted by Gasteiger charge is 2.28. The SMILES string of the molecule is CCOC(=O)NCCOc1ccc(C[C@@H]2CCCC(C)[C@H]2O)cc1. The molecule has 5 heteroatoms. The molecule has 1 unspecified atom stereocenters. The summed E-state index contributed by atoms with van der Waals surface area (Å²) in [5.41, 5.74) is 1.23. The van der Waals surface area contributed by atoms with E-state index in [9.17, 15) is 9.90 Å². The number of aliphatic hydroxyl groups is 1. The number of amides is 1. The van der Waals surface area contributed by atoms with E-state index in [1.165, 1.54) is 12.0 Å². The maximum Gasteiger partial charge on any atom is 0.407 e. The Labute approximate surface area is 144 Å². The minimum atomic E-state index is -0.420. The second-order valence-electron chi connectivity index (χ2n) is 6.50. The van der Waals surface area contributed by atoms with Gasteiger partial charge in [0.1, 0.15) is 12.4 Å². The molecular formula is C19H29NO4. The first kappa shape index (κ1) is 18.6. The molecule has 0 saturated heterocycles. The molecule has 24 heavy (non-hydrogen) atoms. The van der Waals surface area contributed by atoms with Crippen LogP contribution < -0.4 is 10.1 Å². The summed E-state index contributed by atoms with van der Waals surface area (Å²) in [5, 5.41) is 12.9. The summed E-state index contributed by atoms with van der Waals surface area (Å²) in [4.78, 5) is 11.1. The summed E-state index contributed by atoms with van der Waals surface area (Å²) in [5.74, 6) is 1.54. The molecule has 0 radical (unpaired) electrons. The lowest BCUT2D eigenvalue weighted by Gasteiger charge is -2.32. The van der Waals surface area contributed by atoms with Crippen LogP contribution in [0.25, 0.3) is 0 Å². The van der Waals surface area contributed by atoms with Crippen LogP contribution >= 0.6 is 0 Å².